The molecular formula is C58H76F2N8O7. The lowest BCUT2D eigenvalue weighted by molar-refractivity contribution is -0.162. The number of pyridine rings is 1. The van der Waals surface area contributed by atoms with E-state index in [1.807, 2.05) is 51.1 Å². The number of ether oxygens (including phenoxy) is 2. The van der Waals surface area contributed by atoms with Crippen molar-refractivity contribution in [1.29, 1.82) is 0 Å². The lowest BCUT2D eigenvalue weighted by Crippen LogP contribution is -2.66. The number of aromatic nitrogens is 2. The van der Waals surface area contributed by atoms with Crippen LogP contribution in [0.2, 0.25) is 0 Å². The summed E-state index contributed by atoms with van der Waals surface area (Å²) >= 11 is 0. The number of amides is 4. The molecule has 3 N–H and O–H groups in total. The number of hydrogen-bond acceptors (Lipinski definition) is 10. The number of cyclic esters (lactones) is 1. The largest absolute Gasteiger partial charge is 0.464 e. The predicted octanol–water partition coefficient (Wildman–Crippen LogP) is 7.35. The Bertz CT molecular complexity index is 2840. The summed E-state index contributed by atoms with van der Waals surface area (Å²) in [6.07, 6.45) is 2.87. The molecule has 404 valence electrons. The van der Waals surface area contributed by atoms with Crippen LogP contribution >= 0.6 is 0 Å². The van der Waals surface area contributed by atoms with Crippen LogP contribution in [0, 0.1) is 35.0 Å². The zero-order chi connectivity index (χ0) is 54.6. The lowest BCUT2D eigenvalue weighted by atomic mass is 9.84. The summed E-state index contributed by atoms with van der Waals surface area (Å²) in [5.74, 6) is -1.97. The standard InChI is InChI=1S/C58H76F2N8O7/c1-12-67-47-21-20-41-30-44(47)45(51(67)43-18-14-25-62-49(43)38(5)74-11)32-56(6,7)35-75-55(73)57(8)24-15-26-68(64-57)54(72)46(29-39-16-13-17-40(41)28-39)63-52(70)50(36(2)3)65(10)53(71)42-23-27-66(33-42)48(69)22-19-37(4)31-58(59,60)34-61-9/h13-14,16-18,20-21,25,28,30,36-38,42,46,50,61,64H,12,15,23-24,26-27,29,31-35H2,1-11H3,(H,63,70)/t37?,38-,42-,46-,50-,57+/m0/s1. The molecule has 17 heteroatoms. The van der Waals surface area contributed by atoms with Crippen LogP contribution in [-0.2, 0) is 52.8 Å². The number of fused-ring (bicyclic) bond motifs is 6. The molecule has 4 aromatic rings. The molecule has 3 aliphatic heterocycles. The average Bonchev–Trinajstić information content (AvgIpc) is 3.99. The Morgan fingerprint density at radius 2 is 1.79 bits per heavy atom. The fourth-order valence-electron chi connectivity index (χ4n) is 11.1. The van der Waals surface area contributed by atoms with Crippen molar-refractivity contribution in [3.63, 3.8) is 0 Å². The summed E-state index contributed by atoms with van der Waals surface area (Å²) in [5, 5.41) is 7.99. The first kappa shape index (κ1) is 56.5. The number of hydrogen-bond donors (Lipinski definition) is 3. The number of likely N-dealkylation sites (tertiary alicyclic amines) is 1. The van der Waals surface area contributed by atoms with Crippen LogP contribution < -0.4 is 16.1 Å². The molecule has 4 amide bonds. The number of rotatable bonds is 13. The number of methoxy groups -OCH3 is 1. The van der Waals surface area contributed by atoms with Crippen LogP contribution in [0.15, 0.2) is 60.8 Å². The van der Waals surface area contributed by atoms with E-state index >= 15 is 0 Å². The van der Waals surface area contributed by atoms with Gasteiger partial charge in [0, 0.05) is 87.2 Å². The highest BCUT2D eigenvalue weighted by molar-refractivity contribution is 5.97. The van der Waals surface area contributed by atoms with Crippen molar-refractivity contribution in [2.45, 2.75) is 130 Å². The highest BCUT2D eigenvalue weighted by Gasteiger charge is 2.44. The molecule has 2 fully saturated rings. The number of nitrogens with one attached hydrogen (secondary N) is 3. The topological polar surface area (TPSA) is 167 Å². The molecule has 1 unspecified atom stereocenters. The first-order valence-electron chi connectivity index (χ1n) is 26.4. The number of alkyl halides is 2. The third-order valence-electron chi connectivity index (χ3n) is 15.0. The number of esters is 1. The Hall–Kier alpha value is -6.22. The normalized spacial score (nSPS) is 21.4. The molecule has 0 saturated carbocycles. The van der Waals surface area contributed by atoms with Gasteiger partial charge in [-0.3, -0.25) is 29.2 Å². The van der Waals surface area contributed by atoms with E-state index in [9.17, 15) is 32.8 Å². The van der Waals surface area contributed by atoms with Gasteiger partial charge in [0.05, 0.1) is 36.6 Å². The number of carbonyl (C=O) groups is 5. The second kappa shape index (κ2) is 23.3. The van der Waals surface area contributed by atoms with Gasteiger partial charge in [-0.05, 0) is 112 Å². The molecule has 2 aromatic heterocycles. The monoisotopic (exact) mass is 1030 g/mol. The number of aryl methyl sites for hydroxylation is 1. The minimum absolute atomic E-state index is 0.0587. The van der Waals surface area contributed by atoms with Crippen molar-refractivity contribution in [2.75, 3.05) is 54.0 Å². The number of hydrazine groups is 1. The van der Waals surface area contributed by atoms with E-state index in [-0.39, 0.29) is 44.7 Å². The van der Waals surface area contributed by atoms with Crippen molar-refractivity contribution in [2.24, 2.45) is 23.2 Å². The Morgan fingerprint density at radius 1 is 1.04 bits per heavy atom. The summed E-state index contributed by atoms with van der Waals surface area (Å²) in [4.78, 5) is 79.0. The van der Waals surface area contributed by atoms with Crippen LogP contribution in [0.1, 0.15) is 104 Å². The highest BCUT2D eigenvalue weighted by atomic mass is 19.3. The summed E-state index contributed by atoms with van der Waals surface area (Å²) in [6, 6.07) is 16.3. The fourth-order valence-corrected chi connectivity index (χ4v) is 11.1. The highest BCUT2D eigenvalue weighted by Crippen LogP contribution is 2.42. The van der Waals surface area contributed by atoms with E-state index in [1.54, 1.807) is 34.2 Å². The summed E-state index contributed by atoms with van der Waals surface area (Å²) in [5.41, 5.74) is 8.99. The third kappa shape index (κ3) is 12.7. The zero-order valence-corrected chi connectivity index (χ0v) is 45.6. The van der Waals surface area contributed by atoms with Gasteiger partial charge in [0.25, 0.3) is 17.7 Å². The summed E-state index contributed by atoms with van der Waals surface area (Å²) in [6.45, 7) is 16.1. The van der Waals surface area contributed by atoms with Crippen LogP contribution in [-0.4, -0.2) is 131 Å². The Morgan fingerprint density at radius 3 is 2.49 bits per heavy atom. The van der Waals surface area contributed by atoms with Crippen molar-refractivity contribution in [3.05, 3.63) is 77.6 Å². The molecule has 0 aliphatic carbocycles. The third-order valence-corrected chi connectivity index (χ3v) is 15.0. The number of halogens is 2. The van der Waals surface area contributed by atoms with Gasteiger partial charge in [-0.25, -0.2) is 19.0 Å². The second-order valence-electron chi connectivity index (χ2n) is 22.2. The van der Waals surface area contributed by atoms with Gasteiger partial charge in [-0.15, -0.1) is 0 Å². The molecule has 7 rings (SSSR count). The predicted molar refractivity (Wildman–Crippen MR) is 285 cm³/mol. The van der Waals surface area contributed by atoms with E-state index in [2.05, 4.69) is 77.5 Å². The van der Waals surface area contributed by atoms with Crippen molar-refractivity contribution < 1.29 is 42.2 Å². The van der Waals surface area contributed by atoms with E-state index in [1.165, 1.54) is 21.9 Å². The number of nitrogens with zero attached hydrogens (tertiary/aromatic N) is 5. The van der Waals surface area contributed by atoms with E-state index in [0.717, 1.165) is 50.1 Å². The molecule has 6 atom stereocenters. The van der Waals surface area contributed by atoms with Crippen molar-refractivity contribution in [3.8, 4) is 34.2 Å². The van der Waals surface area contributed by atoms with E-state index in [4.69, 9.17) is 14.5 Å². The first-order valence-corrected chi connectivity index (χ1v) is 26.4. The minimum Gasteiger partial charge on any atom is -0.464 e. The zero-order valence-electron chi connectivity index (χ0n) is 45.6. The number of benzene rings is 2. The minimum atomic E-state index is -2.98. The lowest BCUT2D eigenvalue weighted by Gasteiger charge is -2.41. The maximum Gasteiger partial charge on any atom is 0.327 e. The van der Waals surface area contributed by atoms with Crippen LogP contribution in [0.4, 0.5) is 8.78 Å². The fraction of sp³-hybridized carbons (Fsp3) is 0.552. The SMILES string of the molecule is CCn1c(-c2cccnc2[C@H](C)OC)c2c3cc(ccc31)-c1cccc(c1)C[C@H](NC(=O)[C@H](C(C)C)N(C)C(=O)[C@H]1CCN(C(=O)C#CC(C)CC(F)(F)CNC)C1)C(=O)N1CCC[C@@](C)(N1)C(=O)OCC(C)(C)C2. The maximum atomic E-state index is 15.0. The van der Waals surface area contributed by atoms with Gasteiger partial charge in [0.1, 0.15) is 17.6 Å². The molecule has 3 aliphatic rings. The van der Waals surface area contributed by atoms with Crippen LogP contribution in [0.3, 0.4) is 0 Å². The maximum absolute atomic E-state index is 15.0. The van der Waals surface area contributed by atoms with Gasteiger partial charge in [0.2, 0.25) is 11.8 Å². The number of likely N-dealkylation sites (N-methyl/N-ethyl adjacent to an activating group) is 1. The summed E-state index contributed by atoms with van der Waals surface area (Å²) in [7, 11) is 4.68. The Balaban J connectivity index is 1.21. The van der Waals surface area contributed by atoms with Gasteiger partial charge in [-0.2, -0.15) is 0 Å². The quantitative estimate of drug-likeness (QED) is 0.0911. The van der Waals surface area contributed by atoms with E-state index < -0.39 is 83.4 Å². The van der Waals surface area contributed by atoms with Gasteiger partial charge in [-0.1, -0.05) is 70.9 Å². The van der Waals surface area contributed by atoms with Crippen LogP contribution in [0.5, 0.6) is 0 Å². The molecule has 5 heterocycles. The van der Waals surface area contributed by atoms with E-state index in [0.29, 0.717) is 32.2 Å². The molecule has 0 spiro atoms. The van der Waals surface area contributed by atoms with Gasteiger partial charge in [0.15, 0.2) is 0 Å². The molecule has 6 bridgehead atoms. The molecular weight excluding hydrogens is 959 g/mol. The van der Waals surface area contributed by atoms with Gasteiger partial charge >= 0.3 is 5.97 Å². The first-order chi connectivity index (χ1) is 35.5. The van der Waals surface area contributed by atoms with Gasteiger partial charge < -0.3 is 34.5 Å². The summed E-state index contributed by atoms with van der Waals surface area (Å²) < 4.78 is 42.7. The Labute approximate surface area is 440 Å². The smallest absolute Gasteiger partial charge is 0.327 e. The second-order valence-corrected chi connectivity index (χ2v) is 22.2. The van der Waals surface area contributed by atoms with Crippen molar-refractivity contribution >= 4 is 40.5 Å². The molecule has 15 nitrogen and oxygen atoms in total. The molecule has 2 aromatic carbocycles. The van der Waals surface area contributed by atoms with Crippen LogP contribution in [0.25, 0.3) is 33.3 Å². The van der Waals surface area contributed by atoms with Crippen molar-refractivity contribution in [1.82, 2.24) is 40.4 Å². The molecule has 2 saturated heterocycles. The molecule has 0 radical (unpaired) electrons. The Kier molecular flexibility index (Phi) is 17.6. The average molecular weight is 1040 g/mol. The number of carbonyl (C=O) groups excluding carboxylic acids is 5. The molecule has 75 heavy (non-hydrogen) atoms.